The molecule has 2 N–H and O–H groups in total. The molecule has 0 aliphatic carbocycles. The van der Waals surface area contributed by atoms with Crippen LogP contribution in [0, 0.1) is 0 Å². The molecule has 0 bridgehead atoms. The van der Waals surface area contributed by atoms with Crippen LogP contribution in [0.3, 0.4) is 0 Å². The number of methoxy groups -OCH3 is 3. The molecule has 0 spiro atoms. The fourth-order valence-corrected chi connectivity index (χ4v) is 4.56. The van der Waals surface area contributed by atoms with Gasteiger partial charge in [-0.2, -0.15) is 13.2 Å². The summed E-state index contributed by atoms with van der Waals surface area (Å²) in [5.41, 5.74) is 0.411. The van der Waals surface area contributed by atoms with Gasteiger partial charge >= 0.3 is 12.1 Å². The van der Waals surface area contributed by atoms with E-state index in [-0.39, 0.29) is 24.4 Å². The Labute approximate surface area is 225 Å². The van der Waals surface area contributed by atoms with Gasteiger partial charge in [0.15, 0.2) is 11.5 Å². The highest BCUT2D eigenvalue weighted by Crippen LogP contribution is 2.38. The van der Waals surface area contributed by atoms with Crippen LogP contribution in [-0.2, 0) is 9.59 Å². The second kappa shape index (κ2) is 14.8. The van der Waals surface area contributed by atoms with E-state index in [1.54, 1.807) is 17.0 Å². The zero-order chi connectivity index (χ0) is 29.2. The number of carbonyl (C=O) groups excluding carboxylic acids is 2. The normalized spacial score (nSPS) is 17.6. The fourth-order valence-electron chi connectivity index (χ4n) is 4.56. The second-order valence-corrected chi connectivity index (χ2v) is 8.96. The lowest BCUT2D eigenvalue weighted by Crippen LogP contribution is -2.52. The van der Waals surface area contributed by atoms with Gasteiger partial charge in [-0.15, -0.1) is 0 Å². The smallest absolute Gasteiger partial charge is 0.490 e. The summed E-state index contributed by atoms with van der Waals surface area (Å²) in [6.45, 7) is 7.55. The highest BCUT2D eigenvalue weighted by Gasteiger charge is 2.38. The molecule has 1 aromatic rings. The number of alkyl halides is 3. The number of amides is 2. The Hall–Kier alpha value is -3.26. The Kier molecular flexibility index (Phi) is 12.1. The zero-order valence-electron chi connectivity index (χ0n) is 22.7. The lowest BCUT2D eigenvalue weighted by molar-refractivity contribution is -0.192. The van der Waals surface area contributed by atoms with E-state index in [0.717, 1.165) is 39.0 Å². The molecule has 39 heavy (non-hydrogen) atoms. The van der Waals surface area contributed by atoms with Crippen LogP contribution in [-0.4, -0.2) is 123 Å². The van der Waals surface area contributed by atoms with Gasteiger partial charge in [-0.1, -0.05) is 6.92 Å². The standard InChI is InChI=1S/C23H36N4O5.C2HF3O2/c1-5-25-10-6-7-18(25)15-27(16-21(28)26-11-8-24-9-12-26)23(29)17-13-19(30-2)22(32-4)20(14-17)31-3;3-2(4,5)1(6)7/h13-14,18,24H,5-12,15-16H2,1-4H3;(H,6,7). The first-order chi connectivity index (χ1) is 18.5. The van der Waals surface area contributed by atoms with Crippen molar-refractivity contribution in [2.24, 2.45) is 0 Å². The Morgan fingerprint density at radius 1 is 1.05 bits per heavy atom. The van der Waals surface area contributed by atoms with E-state index in [9.17, 15) is 22.8 Å². The number of halogens is 3. The van der Waals surface area contributed by atoms with Gasteiger partial charge in [0, 0.05) is 44.3 Å². The van der Waals surface area contributed by atoms with Crippen molar-refractivity contribution < 1.29 is 46.9 Å². The van der Waals surface area contributed by atoms with Crippen molar-refractivity contribution in [3.8, 4) is 17.2 Å². The molecular weight excluding hydrogens is 525 g/mol. The molecule has 11 nitrogen and oxygen atoms in total. The van der Waals surface area contributed by atoms with E-state index in [0.29, 0.717) is 42.4 Å². The zero-order valence-corrected chi connectivity index (χ0v) is 22.7. The summed E-state index contributed by atoms with van der Waals surface area (Å²) in [7, 11) is 4.57. The van der Waals surface area contributed by atoms with Gasteiger partial charge in [0.1, 0.15) is 6.54 Å². The molecule has 1 unspecified atom stereocenters. The number of piperazine rings is 1. The summed E-state index contributed by atoms with van der Waals surface area (Å²) < 4.78 is 48.0. The quantitative estimate of drug-likeness (QED) is 0.463. The van der Waals surface area contributed by atoms with Crippen molar-refractivity contribution in [1.82, 2.24) is 20.0 Å². The molecule has 2 fully saturated rings. The molecular formula is C25H37F3N4O7. The number of carbonyl (C=O) groups is 3. The topological polar surface area (TPSA) is 121 Å². The van der Waals surface area contributed by atoms with Gasteiger partial charge < -0.3 is 34.4 Å². The van der Waals surface area contributed by atoms with Gasteiger partial charge in [-0.05, 0) is 38.1 Å². The lowest BCUT2D eigenvalue weighted by atomic mass is 10.1. The van der Waals surface area contributed by atoms with Crippen LogP contribution in [0.1, 0.15) is 30.1 Å². The molecule has 2 heterocycles. The first kappa shape index (κ1) is 32.0. The number of nitrogens with zero attached hydrogens (tertiary/aromatic N) is 3. The van der Waals surface area contributed by atoms with Gasteiger partial charge in [0.05, 0.1) is 21.3 Å². The van der Waals surface area contributed by atoms with E-state index in [2.05, 4.69) is 17.1 Å². The number of likely N-dealkylation sites (tertiary alicyclic amines) is 1. The molecule has 3 rings (SSSR count). The third kappa shape index (κ3) is 8.88. The van der Waals surface area contributed by atoms with Crippen molar-refractivity contribution in [1.29, 1.82) is 0 Å². The summed E-state index contributed by atoms with van der Waals surface area (Å²) in [5.74, 6) is -1.72. The average molecular weight is 563 g/mol. The Bertz CT molecular complexity index is 962. The maximum absolute atomic E-state index is 13.7. The van der Waals surface area contributed by atoms with Crippen LogP contribution < -0.4 is 19.5 Å². The highest BCUT2D eigenvalue weighted by molar-refractivity contribution is 5.97. The largest absolute Gasteiger partial charge is 0.493 e. The average Bonchev–Trinajstić information content (AvgIpc) is 3.38. The number of carboxylic acids is 1. The van der Waals surface area contributed by atoms with Crippen molar-refractivity contribution in [2.45, 2.75) is 32.0 Å². The summed E-state index contributed by atoms with van der Waals surface area (Å²) in [6, 6.07) is 3.55. The maximum Gasteiger partial charge on any atom is 0.490 e. The molecule has 0 aromatic heterocycles. The monoisotopic (exact) mass is 562 g/mol. The minimum Gasteiger partial charge on any atom is -0.493 e. The maximum atomic E-state index is 13.7. The molecule has 2 aliphatic rings. The van der Waals surface area contributed by atoms with Gasteiger partial charge in [-0.25, -0.2) is 4.79 Å². The highest BCUT2D eigenvalue weighted by atomic mass is 19.4. The van der Waals surface area contributed by atoms with E-state index < -0.39 is 12.1 Å². The van der Waals surface area contributed by atoms with E-state index >= 15 is 0 Å². The number of likely N-dealkylation sites (N-methyl/N-ethyl adjacent to an activating group) is 1. The first-order valence-electron chi connectivity index (χ1n) is 12.6. The summed E-state index contributed by atoms with van der Waals surface area (Å²) in [5, 5.41) is 10.4. The predicted octanol–water partition coefficient (Wildman–Crippen LogP) is 1.70. The molecule has 2 saturated heterocycles. The van der Waals surface area contributed by atoms with Crippen LogP contribution in [0.5, 0.6) is 17.2 Å². The summed E-state index contributed by atoms with van der Waals surface area (Å²) in [4.78, 5) is 41.5. The minimum absolute atomic E-state index is 0.0201. The molecule has 1 aromatic carbocycles. The van der Waals surface area contributed by atoms with E-state index in [4.69, 9.17) is 24.1 Å². The van der Waals surface area contributed by atoms with Crippen molar-refractivity contribution >= 4 is 17.8 Å². The van der Waals surface area contributed by atoms with E-state index in [1.165, 1.54) is 21.3 Å². The van der Waals surface area contributed by atoms with Crippen LogP contribution in [0.4, 0.5) is 13.2 Å². The second-order valence-electron chi connectivity index (χ2n) is 8.96. The van der Waals surface area contributed by atoms with Gasteiger partial charge in [0.25, 0.3) is 5.91 Å². The van der Waals surface area contributed by atoms with Gasteiger partial charge in [0.2, 0.25) is 11.7 Å². The number of hydrogen-bond donors (Lipinski definition) is 2. The van der Waals surface area contributed by atoms with E-state index in [1.807, 2.05) is 4.90 Å². The van der Waals surface area contributed by atoms with Crippen molar-refractivity contribution in [3.63, 3.8) is 0 Å². The minimum atomic E-state index is -5.08. The third-order valence-corrected chi connectivity index (χ3v) is 6.57. The number of carboxylic acid groups (broad SMARTS) is 1. The molecule has 220 valence electrons. The molecule has 14 heteroatoms. The summed E-state index contributed by atoms with van der Waals surface area (Å²) in [6.07, 6.45) is -2.95. The predicted molar refractivity (Wildman–Crippen MR) is 135 cm³/mol. The molecule has 2 amide bonds. The number of ether oxygens (including phenoxy) is 3. The van der Waals surface area contributed by atoms with Crippen molar-refractivity contribution in [3.05, 3.63) is 17.7 Å². The number of hydrogen-bond acceptors (Lipinski definition) is 8. The number of benzene rings is 1. The fraction of sp³-hybridized carbons (Fsp3) is 0.640. The van der Waals surface area contributed by atoms with Crippen molar-refractivity contribution in [2.75, 3.05) is 73.7 Å². The van der Waals surface area contributed by atoms with Crippen LogP contribution in [0.15, 0.2) is 12.1 Å². The number of nitrogens with one attached hydrogen (secondary N) is 1. The Balaban J connectivity index is 0.000000673. The van der Waals surface area contributed by atoms with Crippen LogP contribution in [0.25, 0.3) is 0 Å². The molecule has 2 aliphatic heterocycles. The summed E-state index contributed by atoms with van der Waals surface area (Å²) >= 11 is 0. The molecule has 0 saturated carbocycles. The molecule has 1 atom stereocenters. The van der Waals surface area contributed by atoms with Gasteiger partial charge in [-0.3, -0.25) is 14.5 Å². The first-order valence-corrected chi connectivity index (χ1v) is 12.6. The Morgan fingerprint density at radius 2 is 1.62 bits per heavy atom. The number of aliphatic carboxylic acids is 1. The SMILES string of the molecule is CCN1CCCC1CN(CC(=O)N1CCNCC1)C(=O)c1cc(OC)c(OC)c(OC)c1.O=C(O)C(F)(F)F. The third-order valence-electron chi connectivity index (χ3n) is 6.57. The molecule has 0 radical (unpaired) electrons. The number of rotatable bonds is 9. The Morgan fingerprint density at radius 3 is 2.08 bits per heavy atom. The van der Waals surface area contributed by atoms with Crippen LogP contribution >= 0.6 is 0 Å². The lowest BCUT2D eigenvalue weighted by Gasteiger charge is -2.33. The van der Waals surface area contributed by atoms with Crippen LogP contribution in [0.2, 0.25) is 0 Å².